The predicted octanol–water partition coefficient (Wildman–Crippen LogP) is 3.50. The first-order chi connectivity index (χ1) is 8.63. The number of amides is 2. The van der Waals surface area contributed by atoms with Crippen LogP contribution in [0.2, 0.25) is 4.34 Å². The molecule has 0 saturated heterocycles. The van der Waals surface area contributed by atoms with E-state index < -0.39 is 6.03 Å². The van der Waals surface area contributed by atoms with Crippen molar-refractivity contribution in [2.75, 3.05) is 10.6 Å². The number of rotatable bonds is 4. The van der Waals surface area contributed by atoms with E-state index >= 15 is 0 Å². The third-order valence-electron chi connectivity index (χ3n) is 2.25. The number of halogens is 1. The minimum absolute atomic E-state index is 0.566. The number of nitrogens with two attached hydrogens (primary N) is 1. The average Bonchev–Trinajstić information content (AvgIpc) is 2.74. The third-order valence-corrected chi connectivity index (χ3v) is 3.48. The molecule has 0 aliphatic heterocycles. The fourth-order valence-corrected chi connectivity index (χ4v) is 2.48. The summed E-state index contributed by atoms with van der Waals surface area (Å²) < 4.78 is 0.785. The first-order valence-electron chi connectivity index (χ1n) is 5.28. The van der Waals surface area contributed by atoms with Crippen LogP contribution in [0.15, 0.2) is 36.4 Å². The Morgan fingerprint density at radius 1 is 1.17 bits per heavy atom. The van der Waals surface area contributed by atoms with Crippen LogP contribution in [0.5, 0.6) is 0 Å². The molecular weight excluding hydrogens is 270 g/mol. The van der Waals surface area contributed by atoms with E-state index in [1.165, 1.54) is 4.88 Å². The minimum Gasteiger partial charge on any atom is -0.380 e. The van der Waals surface area contributed by atoms with Gasteiger partial charge in [0.2, 0.25) is 0 Å². The summed E-state index contributed by atoms with van der Waals surface area (Å²) in [6.07, 6.45) is 0. The minimum atomic E-state index is -0.566. The van der Waals surface area contributed by atoms with Crippen LogP contribution in [0, 0.1) is 0 Å². The average molecular weight is 282 g/mol. The van der Waals surface area contributed by atoms with Crippen LogP contribution in [0.3, 0.4) is 0 Å². The van der Waals surface area contributed by atoms with Gasteiger partial charge in [-0.3, -0.25) is 0 Å². The Bertz CT molecular complexity index is 539. The second-order valence-electron chi connectivity index (χ2n) is 3.63. The van der Waals surface area contributed by atoms with Crippen molar-refractivity contribution < 1.29 is 4.79 Å². The lowest BCUT2D eigenvalue weighted by Gasteiger charge is -2.06. The molecule has 0 unspecified atom stereocenters. The first-order valence-corrected chi connectivity index (χ1v) is 6.47. The van der Waals surface area contributed by atoms with E-state index in [-0.39, 0.29) is 0 Å². The standard InChI is InChI=1S/C12H12ClN3OS/c13-11-6-5-10(18-11)7-15-8-1-3-9(4-2-8)16-12(14)17/h1-6,15H,7H2,(H3,14,16,17). The van der Waals surface area contributed by atoms with Crippen molar-refractivity contribution in [3.8, 4) is 0 Å². The highest BCUT2D eigenvalue weighted by Gasteiger charge is 1.99. The van der Waals surface area contributed by atoms with Crippen molar-refractivity contribution in [3.63, 3.8) is 0 Å². The summed E-state index contributed by atoms with van der Waals surface area (Å²) in [7, 11) is 0. The molecule has 6 heteroatoms. The van der Waals surface area contributed by atoms with Crippen molar-refractivity contribution in [1.29, 1.82) is 0 Å². The molecule has 0 aliphatic carbocycles. The van der Waals surface area contributed by atoms with Gasteiger partial charge in [-0.15, -0.1) is 11.3 Å². The fourth-order valence-electron chi connectivity index (χ4n) is 1.45. The molecule has 4 N–H and O–H groups in total. The predicted molar refractivity (Wildman–Crippen MR) is 76.3 cm³/mol. The zero-order valence-electron chi connectivity index (χ0n) is 9.44. The number of urea groups is 1. The van der Waals surface area contributed by atoms with Crippen LogP contribution in [0.4, 0.5) is 16.2 Å². The Labute approximate surface area is 114 Å². The van der Waals surface area contributed by atoms with Gasteiger partial charge in [0.05, 0.1) is 4.34 Å². The van der Waals surface area contributed by atoms with E-state index in [4.69, 9.17) is 17.3 Å². The molecule has 0 radical (unpaired) electrons. The quantitative estimate of drug-likeness (QED) is 0.803. The molecule has 0 bridgehead atoms. The van der Waals surface area contributed by atoms with Crippen LogP contribution in [-0.4, -0.2) is 6.03 Å². The zero-order valence-corrected chi connectivity index (χ0v) is 11.0. The first kappa shape index (κ1) is 12.7. The molecular formula is C12H12ClN3OS. The molecule has 94 valence electrons. The largest absolute Gasteiger partial charge is 0.380 e. The van der Waals surface area contributed by atoms with E-state index in [1.54, 1.807) is 23.5 Å². The zero-order chi connectivity index (χ0) is 13.0. The van der Waals surface area contributed by atoms with Gasteiger partial charge in [-0.05, 0) is 36.4 Å². The summed E-state index contributed by atoms with van der Waals surface area (Å²) in [6.45, 7) is 0.722. The molecule has 18 heavy (non-hydrogen) atoms. The van der Waals surface area contributed by atoms with Gasteiger partial charge in [0.25, 0.3) is 0 Å². The van der Waals surface area contributed by atoms with Crippen LogP contribution < -0.4 is 16.4 Å². The highest BCUT2D eigenvalue weighted by atomic mass is 35.5. The van der Waals surface area contributed by atoms with Gasteiger partial charge in [0, 0.05) is 22.8 Å². The molecule has 0 fully saturated rings. The van der Waals surface area contributed by atoms with Crippen molar-refractivity contribution in [2.24, 2.45) is 5.73 Å². The smallest absolute Gasteiger partial charge is 0.316 e. The number of nitrogens with one attached hydrogen (secondary N) is 2. The van der Waals surface area contributed by atoms with Gasteiger partial charge in [-0.1, -0.05) is 11.6 Å². The van der Waals surface area contributed by atoms with Gasteiger partial charge in [-0.25, -0.2) is 4.79 Å². The Hall–Kier alpha value is -1.72. The molecule has 2 rings (SSSR count). The lowest BCUT2D eigenvalue weighted by Crippen LogP contribution is -2.19. The maximum absolute atomic E-state index is 10.7. The van der Waals surface area contributed by atoms with Gasteiger partial charge < -0.3 is 16.4 Å². The van der Waals surface area contributed by atoms with Gasteiger partial charge in [0.15, 0.2) is 0 Å². The van der Waals surface area contributed by atoms with Crippen LogP contribution >= 0.6 is 22.9 Å². The molecule has 0 spiro atoms. The second kappa shape index (κ2) is 5.75. The summed E-state index contributed by atoms with van der Waals surface area (Å²) in [6, 6.07) is 10.6. The summed E-state index contributed by atoms with van der Waals surface area (Å²) in [5.41, 5.74) is 6.66. The number of hydrogen-bond donors (Lipinski definition) is 3. The maximum Gasteiger partial charge on any atom is 0.316 e. The monoisotopic (exact) mass is 281 g/mol. The number of thiophene rings is 1. The number of benzene rings is 1. The Morgan fingerprint density at radius 3 is 2.39 bits per heavy atom. The Kier molecular flexibility index (Phi) is 4.07. The number of primary amides is 1. The van der Waals surface area contributed by atoms with Crippen molar-refractivity contribution in [2.45, 2.75) is 6.54 Å². The normalized spacial score (nSPS) is 10.1. The second-order valence-corrected chi connectivity index (χ2v) is 5.43. The lowest BCUT2D eigenvalue weighted by molar-refractivity contribution is 0.259. The van der Waals surface area contributed by atoms with E-state index in [0.29, 0.717) is 5.69 Å². The van der Waals surface area contributed by atoms with Crippen LogP contribution in [0.25, 0.3) is 0 Å². The van der Waals surface area contributed by atoms with E-state index in [9.17, 15) is 4.79 Å². The van der Waals surface area contributed by atoms with Crippen molar-refractivity contribution in [1.82, 2.24) is 0 Å². The number of carbonyl (C=O) groups is 1. The molecule has 0 saturated carbocycles. The Balaban J connectivity index is 1.92. The van der Waals surface area contributed by atoms with Crippen LogP contribution in [0.1, 0.15) is 4.88 Å². The SMILES string of the molecule is NC(=O)Nc1ccc(NCc2ccc(Cl)s2)cc1. The van der Waals surface area contributed by atoms with Gasteiger partial charge >= 0.3 is 6.03 Å². The highest BCUT2D eigenvalue weighted by molar-refractivity contribution is 7.16. The van der Waals surface area contributed by atoms with E-state index in [2.05, 4.69) is 10.6 Å². The maximum atomic E-state index is 10.7. The molecule has 1 heterocycles. The van der Waals surface area contributed by atoms with Gasteiger partial charge in [0.1, 0.15) is 0 Å². The Morgan fingerprint density at radius 2 is 1.83 bits per heavy atom. The topological polar surface area (TPSA) is 67.2 Å². The number of carbonyl (C=O) groups excluding carboxylic acids is 1. The van der Waals surface area contributed by atoms with Crippen molar-refractivity contribution >= 4 is 40.3 Å². The molecule has 1 aromatic heterocycles. The number of hydrogen-bond acceptors (Lipinski definition) is 3. The summed E-state index contributed by atoms with van der Waals surface area (Å²) in [5, 5.41) is 5.77. The fraction of sp³-hybridized carbons (Fsp3) is 0.0833. The molecule has 2 amide bonds. The van der Waals surface area contributed by atoms with E-state index in [1.807, 2.05) is 24.3 Å². The third kappa shape index (κ3) is 3.65. The molecule has 4 nitrogen and oxygen atoms in total. The van der Waals surface area contributed by atoms with Crippen LogP contribution in [-0.2, 0) is 6.54 Å². The van der Waals surface area contributed by atoms with Gasteiger partial charge in [-0.2, -0.15) is 0 Å². The molecule has 0 atom stereocenters. The number of anilines is 2. The molecule has 0 aliphatic rings. The molecule has 1 aromatic carbocycles. The highest BCUT2D eigenvalue weighted by Crippen LogP contribution is 2.22. The van der Waals surface area contributed by atoms with Crippen molar-refractivity contribution in [3.05, 3.63) is 45.6 Å². The summed E-state index contributed by atoms with van der Waals surface area (Å²) in [4.78, 5) is 11.8. The summed E-state index contributed by atoms with van der Waals surface area (Å²) in [5.74, 6) is 0. The van der Waals surface area contributed by atoms with E-state index in [0.717, 1.165) is 16.6 Å². The summed E-state index contributed by atoms with van der Waals surface area (Å²) >= 11 is 7.40. The molecule has 2 aromatic rings. The lowest BCUT2D eigenvalue weighted by atomic mass is 10.3.